The quantitative estimate of drug-likeness (QED) is 0.631. The topological polar surface area (TPSA) is 65.7 Å². The SMILES string of the molecule is CCOc1cccc2c1OC(c1ccco1)N1N=C(c3ccc4c(c3)OCO4)CC21. The number of nitrogens with zero attached hydrogens (tertiary/aromatic N) is 2. The highest BCUT2D eigenvalue weighted by molar-refractivity contribution is 6.02. The molecule has 0 saturated heterocycles. The second-order valence-electron chi connectivity index (χ2n) is 7.31. The van der Waals surface area contributed by atoms with Crippen LogP contribution in [-0.4, -0.2) is 24.1 Å². The lowest BCUT2D eigenvalue weighted by Gasteiger charge is -2.37. The Balaban J connectivity index is 1.43. The molecule has 2 atom stereocenters. The molecule has 0 aliphatic carbocycles. The fourth-order valence-electron chi connectivity index (χ4n) is 4.22. The van der Waals surface area contributed by atoms with Crippen LogP contribution < -0.4 is 18.9 Å². The summed E-state index contributed by atoms with van der Waals surface area (Å²) in [5, 5.41) is 6.93. The molecule has 0 fully saturated rings. The largest absolute Gasteiger partial charge is 0.490 e. The summed E-state index contributed by atoms with van der Waals surface area (Å²) in [5.74, 6) is 3.70. The molecule has 1 aromatic heterocycles. The third-order valence-electron chi connectivity index (χ3n) is 5.57. The number of hydrogen-bond donors (Lipinski definition) is 0. The summed E-state index contributed by atoms with van der Waals surface area (Å²) in [5.41, 5.74) is 3.03. The fourth-order valence-corrected chi connectivity index (χ4v) is 4.22. The monoisotopic (exact) mass is 404 g/mol. The van der Waals surface area contributed by atoms with Gasteiger partial charge in [-0.15, -0.1) is 0 Å². The molecule has 3 aliphatic heterocycles. The van der Waals surface area contributed by atoms with Gasteiger partial charge in [-0.3, -0.25) is 0 Å². The van der Waals surface area contributed by atoms with E-state index in [4.69, 9.17) is 28.5 Å². The summed E-state index contributed by atoms with van der Waals surface area (Å²) < 4.78 is 28.9. The number of hydrogen-bond acceptors (Lipinski definition) is 7. The lowest BCUT2D eigenvalue weighted by molar-refractivity contribution is -0.0344. The minimum atomic E-state index is -0.467. The highest BCUT2D eigenvalue weighted by Gasteiger charge is 2.43. The van der Waals surface area contributed by atoms with Crippen LogP contribution in [0.5, 0.6) is 23.0 Å². The molecule has 152 valence electrons. The van der Waals surface area contributed by atoms with Crippen LogP contribution in [0.4, 0.5) is 0 Å². The first-order valence-corrected chi connectivity index (χ1v) is 10.0. The van der Waals surface area contributed by atoms with Crippen molar-refractivity contribution in [1.82, 2.24) is 5.01 Å². The lowest BCUT2D eigenvalue weighted by Crippen LogP contribution is -2.33. The first kappa shape index (κ1) is 17.3. The molecular weight excluding hydrogens is 384 g/mol. The molecule has 3 aromatic rings. The van der Waals surface area contributed by atoms with E-state index in [9.17, 15) is 0 Å². The van der Waals surface area contributed by atoms with Crippen molar-refractivity contribution in [3.8, 4) is 23.0 Å². The first-order chi connectivity index (χ1) is 14.8. The molecule has 6 rings (SSSR count). The van der Waals surface area contributed by atoms with Gasteiger partial charge >= 0.3 is 0 Å². The van der Waals surface area contributed by atoms with Crippen molar-refractivity contribution in [2.45, 2.75) is 25.6 Å². The van der Waals surface area contributed by atoms with Gasteiger partial charge in [0.25, 0.3) is 0 Å². The summed E-state index contributed by atoms with van der Waals surface area (Å²) in [7, 11) is 0. The Kier molecular flexibility index (Phi) is 3.87. The van der Waals surface area contributed by atoms with Crippen LogP contribution in [0, 0.1) is 0 Å². The Morgan fingerprint density at radius 3 is 2.90 bits per heavy atom. The molecule has 0 N–H and O–H groups in total. The van der Waals surface area contributed by atoms with E-state index in [1.807, 2.05) is 54.4 Å². The van der Waals surface area contributed by atoms with Crippen molar-refractivity contribution in [3.05, 3.63) is 71.7 Å². The second-order valence-corrected chi connectivity index (χ2v) is 7.31. The third-order valence-corrected chi connectivity index (χ3v) is 5.57. The van der Waals surface area contributed by atoms with Gasteiger partial charge in [-0.1, -0.05) is 12.1 Å². The Hall–Kier alpha value is -3.61. The number of rotatable bonds is 4. The van der Waals surface area contributed by atoms with E-state index in [0.717, 1.165) is 46.3 Å². The lowest BCUT2D eigenvalue weighted by atomic mass is 9.96. The third kappa shape index (κ3) is 2.62. The van der Waals surface area contributed by atoms with Crippen LogP contribution in [0.2, 0.25) is 0 Å². The number of ether oxygens (including phenoxy) is 4. The van der Waals surface area contributed by atoms with E-state index in [2.05, 4.69) is 6.07 Å². The van der Waals surface area contributed by atoms with Crippen LogP contribution in [0.15, 0.2) is 64.3 Å². The predicted molar refractivity (Wildman–Crippen MR) is 108 cm³/mol. The van der Waals surface area contributed by atoms with Gasteiger partial charge in [-0.25, -0.2) is 5.01 Å². The maximum atomic E-state index is 6.39. The highest BCUT2D eigenvalue weighted by Crippen LogP contribution is 2.51. The number of furan rings is 1. The smallest absolute Gasteiger partial charge is 0.246 e. The van der Waals surface area contributed by atoms with Crippen LogP contribution >= 0.6 is 0 Å². The average Bonchev–Trinajstić information content (AvgIpc) is 3.53. The van der Waals surface area contributed by atoms with Crippen LogP contribution in [0.1, 0.15) is 42.5 Å². The van der Waals surface area contributed by atoms with Crippen LogP contribution in [0.3, 0.4) is 0 Å². The van der Waals surface area contributed by atoms with Gasteiger partial charge in [0.15, 0.2) is 28.8 Å². The van der Waals surface area contributed by atoms with Gasteiger partial charge in [-0.2, -0.15) is 5.10 Å². The molecule has 3 aliphatic rings. The van der Waals surface area contributed by atoms with E-state index in [0.29, 0.717) is 12.4 Å². The van der Waals surface area contributed by atoms with Crippen LogP contribution in [-0.2, 0) is 0 Å². The fraction of sp³-hybridized carbons (Fsp3) is 0.261. The maximum absolute atomic E-state index is 6.39. The number of para-hydroxylation sites is 1. The minimum absolute atomic E-state index is 0.0182. The van der Waals surface area contributed by atoms with Crippen molar-refractivity contribution in [2.75, 3.05) is 13.4 Å². The number of hydrazone groups is 1. The molecule has 7 heteroatoms. The standard InChI is InChI=1S/C23H20N2O5/c1-2-26-19-6-3-5-15-17-12-16(14-8-9-18-21(11-14)29-13-28-18)24-25(17)23(30-22(15)19)20-7-4-10-27-20/h3-11,17,23H,2,12-13H2,1H3. The normalized spacial score (nSPS) is 21.0. The first-order valence-electron chi connectivity index (χ1n) is 10.0. The van der Waals surface area contributed by atoms with E-state index in [-0.39, 0.29) is 12.8 Å². The van der Waals surface area contributed by atoms with Crippen molar-refractivity contribution >= 4 is 5.71 Å². The molecule has 7 nitrogen and oxygen atoms in total. The van der Waals surface area contributed by atoms with Gasteiger partial charge in [0, 0.05) is 17.5 Å². The molecular formula is C23H20N2O5. The predicted octanol–water partition coefficient (Wildman–Crippen LogP) is 4.65. The minimum Gasteiger partial charge on any atom is -0.490 e. The number of fused-ring (bicyclic) bond motifs is 4. The van der Waals surface area contributed by atoms with Gasteiger partial charge in [0.05, 0.1) is 24.6 Å². The van der Waals surface area contributed by atoms with Crippen molar-refractivity contribution < 1.29 is 23.4 Å². The van der Waals surface area contributed by atoms with E-state index in [1.165, 1.54) is 0 Å². The van der Waals surface area contributed by atoms with Crippen molar-refractivity contribution in [3.63, 3.8) is 0 Å². The van der Waals surface area contributed by atoms with Gasteiger partial charge in [0.1, 0.15) is 0 Å². The Morgan fingerprint density at radius 2 is 2.03 bits per heavy atom. The average molecular weight is 404 g/mol. The molecule has 0 bridgehead atoms. The van der Waals surface area contributed by atoms with Crippen molar-refractivity contribution in [2.24, 2.45) is 5.10 Å². The molecule has 0 radical (unpaired) electrons. The second kappa shape index (κ2) is 6.73. The van der Waals surface area contributed by atoms with Crippen LogP contribution in [0.25, 0.3) is 0 Å². The molecule has 2 aromatic carbocycles. The molecule has 0 amide bonds. The zero-order chi connectivity index (χ0) is 20.1. The summed E-state index contributed by atoms with van der Waals surface area (Å²) in [6.07, 6.45) is 1.92. The molecule has 4 heterocycles. The van der Waals surface area contributed by atoms with Gasteiger partial charge in [-0.05, 0) is 43.3 Å². The van der Waals surface area contributed by atoms with E-state index < -0.39 is 6.23 Å². The highest BCUT2D eigenvalue weighted by atomic mass is 16.7. The summed E-state index contributed by atoms with van der Waals surface area (Å²) in [6.45, 7) is 2.79. The van der Waals surface area contributed by atoms with Gasteiger partial charge in [0.2, 0.25) is 13.0 Å². The molecule has 0 spiro atoms. The Morgan fingerprint density at radius 1 is 1.10 bits per heavy atom. The van der Waals surface area contributed by atoms with Gasteiger partial charge < -0.3 is 23.4 Å². The van der Waals surface area contributed by atoms with E-state index >= 15 is 0 Å². The summed E-state index contributed by atoms with van der Waals surface area (Å²) in [6, 6.07) is 15.7. The maximum Gasteiger partial charge on any atom is 0.246 e. The Bertz CT molecular complexity index is 1120. The molecule has 0 saturated carbocycles. The summed E-state index contributed by atoms with van der Waals surface area (Å²) >= 11 is 0. The molecule has 2 unspecified atom stereocenters. The van der Waals surface area contributed by atoms with E-state index in [1.54, 1.807) is 6.26 Å². The van der Waals surface area contributed by atoms with Crippen molar-refractivity contribution in [1.29, 1.82) is 0 Å². The summed E-state index contributed by atoms with van der Waals surface area (Å²) in [4.78, 5) is 0. The molecule has 30 heavy (non-hydrogen) atoms. The number of benzene rings is 2. The Labute approximate surface area is 173 Å². The zero-order valence-corrected chi connectivity index (χ0v) is 16.4. The zero-order valence-electron chi connectivity index (χ0n) is 16.4.